The number of carboxylic acid groups (broad SMARTS) is 3. The van der Waals surface area contributed by atoms with Gasteiger partial charge in [0, 0.05) is 27.6 Å². The summed E-state index contributed by atoms with van der Waals surface area (Å²) >= 11 is 0. The molecule has 0 fully saturated rings. The van der Waals surface area contributed by atoms with Gasteiger partial charge in [0.1, 0.15) is 22.6 Å². The first-order valence-corrected chi connectivity index (χ1v) is 12.7. The van der Waals surface area contributed by atoms with E-state index >= 15 is 0 Å². The van der Waals surface area contributed by atoms with Crippen molar-refractivity contribution in [3.8, 4) is 34.1 Å². The quantitative estimate of drug-likeness (QED) is 0.0977. The van der Waals surface area contributed by atoms with Crippen LogP contribution in [0, 0.1) is 19.8 Å². The van der Waals surface area contributed by atoms with E-state index in [1.165, 1.54) is 19.1 Å². The van der Waals surface area contributed by atoms with E-state index in [2.05, 4.69) is 0 Å². The molecule has 0 aliphatic heterocycles. The minimum atomic E-state index is -1.94. The minimum absolute atomic E-state index is 0.0838. The molecule has 0 aliphatic rings. The zero-order valence-electron chi connectivity index (χ0n) is 23.3. The summed E-state index contributed by atoms with van der Waals surface area (Å²) in [5.41, 5.74) is -1.60. The van der Waals surface area contributed by atoms with Gasteiger partial charge in [-0.25, -0.2) is 14.4 Å². The molecule has 3 aromatic rings. The first-order chi connectivity index (χ1) is 18.9. The molecule has 11 nitrogen and oxygen atoms in total. The lowest BCUT2D eigenvalue weighted by molar-refractivity contribution is -0.136. The second-order valence-corrected chi connectivity index (χ2v) is 10.7. The Kier molecular flexibility index (Phi) is 8.15. The van der Waals surface area contributed by atoms with Crippen molar-refractivity contribution >= 4 is 34.3 Å². The van der Waals surface area contributed by atoms with Gasteiger partial charge in [0.2, 0.25) is 5.76 Å². The number of carboxylic acids is 3. The van der Waals surface area contributed by atoms with E-state index in [9.17, 15) is 55.2 Å². The summed E-state index contributed by atoms with van der Waals surface area (Å²) in [7, 11) is 0. The van der Waals surface area contributed by atoms with Crippen LogP contribution in [0.2, 0.25) is 0 Å². The topological polar surface area (TPSA) is 213 Å². The fraction of sp³-hybridized carbons (Fsp3) is 0.300. The standard InChI is InChI=1S/C30H32O11/c1-10(2)7-14-8-12(5)17(23(31)19(14)21(28(36)37)27(35)30(40)41)18-13(6)9-15-16(11(3)4)25(33)26(34)22(29(38)39)20(15)24(18)32/h8-11,31-35H,7H2,1-6H3,(H,36,37)(H,38,39)(H,40,41)/b27-21+. The van der Waals surface area contributed by atoms with Gasteiger partial charge in [-0.3, -0.25) is 0 Å². The molecule has 0 unspecified atom stereocenters. The number of hydrogen-bond donors (Lipinski definition) is 8. The van der Waals surface area contributed by atoms with E-state index in [0.717, 1.165) is 0 Å². The summed E-state index contributed by atoms with van der Waals surface area (Å²) in [6.07, 6.45) is 0.185. The van der Waals surface area contributed by atoms with Crippen LogP contribution in [0.5, 0.6) is 23.0 Å². The van der Waals surface area contributed by atoms with Crippen molar-refractivity contribution in [3.63, 3.8) is 0 Å². The molecule has 8 N–H and O–H groups in total. The number of aromatic hydroxyl groups is 4. The number of benzene rings is 3. The maximum absolute atomic E-state index is 12.2. The Labute approximate surface area is 234 Å². The molecule has 0 spiro atoms. The number of fused-ring (bicyclic) bond motifs is 1. The van der Waals surface area contributed by atoms with Gasteiger partial charge in [0.15, 0.2) is 11.5 Å². The van der Waals surface area contributed by atoms with E-state index in [-0.39, 0.29) is 50.9 Å². The molecule has 0 saturated carbocycles. The van der Waals surface area contributed by atoms with Crippen molar-refractivity contribution in [2.24, 2.45) is 5.92 Å². The third kappa shape index (κ3) is 5.06. The summed E-state index contributed by atoms with van der Waals surface area (Å²) in [6.45, 7) is 10.1. The average Bonchev–Trinajstić information content (AvgIpc) is 2.83. The highest BCUT2D eigenvalue weighted by atomic mass is 16.4. The first kappa shape index (κ1) is 30.6. The Bertz CT molecular complexity index is 1660. The van der Waals surface area contributed by atoms with Gasteiger partial charge in [0.05, 0.1) is 0 Å². The molecule has 0 aromatic heterocycles. The number of aliphatic carboxylic acids is 2. The molecule has 0 saturated heterocycles. The van der Waals surface area contributed by atoms with E-state index in [4.69, 9.17) is 0 Å². The van der Waals surface area contributed by atoms with Crippen molar-refractivity contribution in [2.75, 3.05) is 0 Å². The number of phenols is 4. The van der Waals surface area contributed by atoms with Gasteiger partial charge >= 0.3 is 17.9 Å². The van der Waals surface area contributed by atoms with Crippen molar-refractivity contribution in [1.29, 1.82) is 0 Å². The summed E-state index contributed by atoms with van der Waals surface area (Å²) in [4.78, 5) is 36.0. The van der Waals surface area contributed by atoms with E-state index in [0.29, 0.717) is 5.56 Å². The van der Waals surface area contributed by atoms with Crippen LogP contribution in [0.3, 0.4) is 0 Å². The molecule has 3 aromatic carbocycles. The maximum Gasteiger partial charge on any atom is 0.371 e. The van der Waals surface area contributed by atoms with Gasteiger partial charge in [0.25, 0.3) is 0 Å². The second kappa shape index (κ2) is 10.9. The Hall–Kier alpha value is -4.93. The molecule has 0 heterocycles. The zero-order chi connectivity index (χ0) is 31.2. The molecule has 11 heteroatoms. The Morgan fingerprint density at radius 2 is 1.24 bits per heavy atom. The SMILES string of the molecule is Cc1cc(CC(C)C)c(/C(C(=O)O)=C(\O)C(=O)O)c(O)c1-c1c(C)cc2c(C(C)C)c(O)c(O)c(C(=O)O)c2c1O. The molecule has 0 bridgehead atoms. The number of carbonyl (C=O) groups is 3. The number of aromatic carboxylic acids is 1. The molecule has 0 aliphatic carbocycles. The number of aliphatic hydroxyl groups is 1. The number of hydrogen-bond acceptors (Lipinski definition) is 8. The lowest BCUT2D eigenvalue weighted by Crippen LogP contribution is -2.13. The summed E-state index contributed by atoms with van der Waals surface area (Å²) in [5.74, 6) is -10.5. The molecular formula is C30H32O11. The monoisotopic (exact) mass is 568 g/mol. The van der Waals surface area contributed by atoms with Crippen LogP contribution in [-0.2, 0) is 16.0 Å². The Balaban J connectivity index is 2.66. The first-order valence-electron chi connectivity index (χ1n) is 12.7. The third-order valence-corrected chi connectivity index (χ3v) is 6.91. The van der Waals surface area contributed by atoms with E-state index in [1.807, 2.05) is 13.8 Å². The largest absolute Gasteiger partial charge is 0.507 e. The number of phenolic OH excluding ortho intramolecular Hbond substituents is 3. The molecule has 0 amide bonds. The van der Waals surface area contributed by atoms with Crippen LogP contribution in [0.4, 0.5) is 0 Å². The van der Waals surface area contributed by atoms with Gasteiger partial charge in [-0.1, -0.05) is 39.8 Å². The fourth-order valence-corrected chi connectivity index (χ4v) is 5.36. The maximum atomic E-state index is 12.2. The average molecular weight is 569 g/mol. The molecule has 0 radical (unpaired) electrons. The third-order valence-electron chi connectivity index (χ3n) is 6.91. The molecule has 218 valence electrons. The van der Waals surface area contributed by atoms with Crippen molar-refractivity contribution in [3.05, 3.63) is 51.3 Å². The predicted octanol–water partition coefficient (Wildman–Crippen LogP) is 5.40. The van der Waals surface area contributed by atoms with Gasteiger partial charge in [-0.05, 0) is 54.2 Å². The van der Waals surface area contributed by atoms with Crippen LogP contribution >= 0.6 is 0 Å². The van der Waals surface area contributed by atoms with Crippen molar-refractivity contribution in [1.82, 2.24) is 0 Å². The zero-order valence-corrected chi connectivity index (χ0v) is 23.3. The normalized spacial score (nSPS) is 12.2. The molecule has 41 heavy (non-hydrogen) atoms. The van der Waals surface area contributed by atoms with Crippen LogP contribution in [0.15, 0.2) is 17.9 Å². The van der Waals surface area contributed by atoms with Crippen LogP contribution in [0.1, 0.15) is 71.8 Å². The predicted molar refractivity (Wildman–Crippen MR) is 150 cm³/mol. The van der Waals surface area contributed by atoms with Crippen LogP contribution < -0.4 is 0 Å². The van der Waals surface area contributed by atoms with Gasteiger partial charge < -0.3 is 40.9 Å². The minimum Gasteiger partial charge on any atom is -0.507 e. The van der Waals surface area contributed by atoms with Crippen LogP contribution in [-0.4, -0.2) is 58.8 Å². The lowest BCUT2D eigenvalue weighted by atomic mass is 9.82. The molecule has 3 rings (SSSR count). The lowest BCUT2D eigenvalue weighted by Gasteiger charge is -2.23. The van der Waals surface area contributed by atoms with Crippen LogP contribution in [0.25, 0.3) is 27.5 Å². The number of aryl methyl sites for hydroxylation is 2. The highest BCUT2D eigenvalue weighted by Crippen LogP contribution is 2.52. The van der Waals surface area contributed by atoms with Gasteiger partial charge in [-0.2, -0.15) is 0 Å². The number of rotatable bonds is 8. The summed E-state index contributed by atoms with van der Waals surface area (Å²) in [6, 6.07) is 2.96. The summed E-state index contributed by atoms with van der Waals surface area (Å²) in [5, 5.41) is 83.7. The highest BCUT2D eigenvalue weighted by molar-refractivity contribution is 6.22. The molecular weight excluding hydrogens is 536 g/mol. The molecule has 0 atom stereocenters. The van der Waals surface area contributed by atoms with Crippen molar-refractivity contribution in [2.45, 2.75) is 53.9 Å². The fourth-order valence-electron chi connectivity index (χ4n) is 5.36. The number of aliphatic hydroxyl groups excluding tert-OH is 1. The van der Waals surface area contributed by atoms with Gasteiger partial charge in [-0.15, -0.1) is 0 Å². The van der Waals surface area contributed by atoms with E-state index in [1.54, 1.807) is 20.8 Å². The Morgan fingerprint density at radius 3 is 1.71 bits per heavy atom. The smallest absolute Gasteiger partial charge is 0.371 e. The second-order valence-electron chi connectivity index (χ2n) is 10.7. The van der Waals surface area contributed by atoms with Crippen molar-refractivity contribution < 1.29 is 55.2 Å². The van der Waals surface area contributed by atoms with E-state index < -0.39 is 69.3 Å². The highest BCUT2D eigenvalue weighted by Gasteiger charge is 2.33. The Morgan fingerprint density at radius 1 is 0.707 bits per heavy atom. The summed E-state index contributed by atoms with van der Waals surface area (Å²) < 4.78 is 0.